The number of nitrogens with zero attached hydrogens (tertiary/aromatic N) is 1. The van der Waals surface area contributed by atoms with Crippen LogP contribution in [0.15, 0.2) is 36.5 Å². The summed E-state index contributed by atoms with van der Waals surface area (Å²) >= 11 is 3.86. The normalized spacial score (nSPS) is 15.8. The molecule has 1 N–H and O–H groups in total. The maximum absolute atomic E-state index is 11.2. The Morgan fingerprint density at radius 1 is 1.33 bits per heavy atom. The van der Waals surface area contributed by atoms with Gasteiger partial charge in [0.25, 0.3) is 5.24 Å². The number of hydrogen-bond donors (Lipinski definition) is 2. The Morgan fingerprint density at radius 3 is 2.89 bits per heavy atom. The van der Waals surface area contributed by atoms with Crippen LogP contribution in [0.1, 0.15) is 12.0 Å². The Kier molecular flexibility index (Phi) is 2.88. The summed E-state index contributed by atoms with van der Waals surface area (Å²) < 4.78 is 0. The van der Waals surface area contributed by atoms with Gasteiger partial charge >= 0.3 is 0 Å². The number of para-hydroxylation sites is 1. The van der Waals surface area contributed by atoms with E-state index in [1.807, 2.05) is 12.1 Å². The highest BCUT2D eigenvalue weighted by Crippen LogP contribution is 2.29. The lowest BCUT2D eigenvalue weighted by Gasteiger charge is -2.24. The Morgan fingerprint density at radius 2 is 2.17 bits per heavy atom. The van der Waals surface area contributed by atoms with Crippen molar-refractivity contribution in [2.45, 2.75) is 6.42 Å². The minimum Gasteiger partial charge on any atom is -0.361 e. The first-order valence-corrected chi connectivity index (χ1v) is 6.44. The molecule has 0 atom stereocenters. The van der Waals surface area contributed by atoms with E-state index in [0.29, 0.717) is 6.54 Å². The summed E-state index contributed by atoms with van der Waals surface area (Å²) in [5.74, 6) is 0. The number of aromatic nitrogens is 1. The van der Waals surface area contributed by atoms with Gasteiger partial charge < -0.3 is 9.88 Å². The van der Waals surface area contributed by atoms with E-state index in [4.69, 9.17) is 0 Å². The third-order valence-corrected chi connectivity index (χ3v) is 3.70. The number of H-pyrrole nitrogens is 1. The van der Waals surface area contributed by atoms with E-state index in [-0.39, 0.29) is 5.24 Å². The maximum Gasteiger partial charge on any atom is 0.278 e. The first kappa shape index (κ1) is 11.4. The molecule has 1 aliphatic heterocycles. The average Bonchev–Trinajstić information content (AvgIpc) is 2.82. The number of carbonyl (C=O) groups excluding carboxylic acids is 1. The van der Waals surface area contributed by atoms with Crippen LogP contribution in [0.5, 0.6) is 0 Å². The molecule has 2 heterocycles. The van der Waals surface area contributed by atoms with Gasteiger partial charge in [-0.3, -0.25) is 4.79 Å². The van der Waals surface area contributed by atoms with Gasteiger partial charge in [0.2, 0.25) is 0 Å². The predicted molar refractivity (Wildman–Crippen MR) is 76.8 cm³/mol. The molecule has 0 radical (unpaired) electrons. The van der Waals surface area contributed by atoms with Gasteiger partial charge in [-0.25, -0.2) is 0 Å². The van der Waals surface area contributed by atoms with E-state index in [0.717, 1.165) is 18.5 Å². The summed E-state index contributed by atoms with van der Waals surface area (Å²) in [5.41, 5.74) is 3.70. The van der Waals surface area contributed by atoms with E-state index in [1.165, 1.54) is 16.5 Å². The standard InChI is InChI=1S/C14H14N2OS/c17-14(18)16-7-5-10(6-8-16)12-9-15-13-4-2-1-3-11(12)13/h1-5,9,15H,6-8H2,(H,17,18). The zero-order chi connectivity index (χ0) is 12.5. The number of hydrogen-bond acceptors (Lipinski definition) is 1. The first-order valence-electron chi connectivity index (χ1n) is 5.99. The molecule has 3 rings (SSSR count). The van der Waals surface area contributed by atoms with Crippen LogP contribution in [0.25, 0.3) is 16.5 Å². The summed E-state index contributed by atoms with van der Waals surface area (Å²) in [5, 5.41) is 1.10. The van der Waals surface area contributed by atoms with Crippen molar-refractivity contribution in [3.05, 3.63) is 42.1 Å². The molecule has 18 heavy (non-hydrogen) atoms. The average molecular weight is 258 g/mol. The van der Waals surface area contributed by atoms with Crippen molar-refractivity contribution in [1.82, 2.24) is 9.88 Å². The molecule has 1 aromatic carbocycles. The van der Waals surface area contributed by atoms with Gasteiger partial charge in [-0.1, -0.05) is 36.9 Å². The summed E-state index contributed by atoms with van der Waals surface area (Å²) in [6.07, 6.45) is 5.05. The molecule has 1 amide bonds. The third-order valence-electron chi connectivity index (χ3n) is 3.41. The quantitative estimate of drug-likeness (QED) is 0.756. The predicted octanol–water partition coefficient (Wildman–Crippen LogP) is 3.31. The van der Waals surface area contributed by atoms with Gasteiger partial charge in [0, 0.05) is 35.8 Å². The highest BCUT2D eigenvalue weighted by atomic mass is 32.1. The number of rotatable bonds is 1. The van der Waals surface area contributed by atoms with Gasteiger partial charge in [-0.05, 0) is 18.1 Å². The molecule has 0 unspecified atom stereocenters. The summed E-state index contributed by atoms with van der Waals surface area (Å²) in [6.45, 7) is 1.39. The van der Waals surface area contributed by atoms with E-state index in [1.54, 1.807) is 4.90 Å². The van der Waals surface area contributed by atoms with Gasteiger partial charge in [0.15, 0.2) is 0 Å². The molecular weight excluding hydrogens is 244 g/mol. The third kappa shape index (κ3) is 1.93. The van der Waals surface area contributed by atoms with Crippen LogP contribution >= 0.6 is 12.6 Å². The topological polar surface area (TPSA) is 36.1 Å². The number of carbonyl (C=O) groups is 1. The van der Waals surface area contributed by atoms with Crippen LogP contribution in [0.2, 0.25) is 0 Å². The van der Waals surface area contributed by atoms with E-state index >= 15 is 0 Å². The van der Waals surface area contributed by atoms with Crippen LogP contribution in [-0.2, 0) is 0 Å². The van der Waals surface area contributed by atoms with Crippen molar-refractivity contribution >= 4 is 34.3 Å². The Labute approximate surface area is 111 Å². The molecule has 0 aliphatic carbocycles. The number of nitrogens with one attached hydrogen (secondary N) is 1. The molecular formula is C14H14N2OS. The molecule has 0 bridgehead atoms. The van der Waals surface area contributed by atoms with Crippen molar-refractivity contribution in [2.75, 3.05) is 13.1 Å². The van der Waals surface area contributed by atoms with Gasteiger partial charge in [0.1, 0.15) is 0 Å². The second-order valence-corrected chi connectivity index (χ2v) is 4.84. The first-order chi connectivity index (χ1) is 8.75. The van der Waals surface area contributed by atoms with Crippen LogP contribution < -0.4 is 0 Å². The second-order valence-electron chi connectivity index (χ2n) is 4.46. The Balaban J connectivity index is 1.94. The second kappa shape index (κ2) is 4.53. The number of fused-ring (bicyclic) bond motifs is 1. The van der Waals surface area contributed by atoms with Crippen LogP contribution in [0.4, 0.5) is 4.79 Å². The minimum atomic E-state index is -0.149. The van der Waals surface area contributed by atoms with E-state index in [2.05, 4.69) is 42.0 Å². The number of thiol groups is 1. The molecule has 0 spiro atoms. The molecule has 92 valence electrons. The van der Waals surface area contributed by atoms with Crippen LogP contribution in [-0.4, -0.2) is 28.2 Å². The van der Waals surface area contributed by atoms with Gasteiger partial charge in [-0.15, -0.1) is 0 Å². The molecule has 0 saturated heterocycles. The van der Waals surface area contributed by atoms with Crippen molar-refractivity contribution in [3.63, 3.8) is 0 Å². The fraction of sp³-hybridized carbons (Fsp3) is 0.214. The number of amides is 1. The SMILES string of the molecule is O=C(S)N1CC=C(c2c[nH]c3ccccc23)CC1. The van der Waals surface area contributed by atoms with E-state index in [9.17, 15) is 4.79 Å². The summed E-state index contributed by atoms with van der Waals surface area (Å²) in [7, 11) is 0. The zero-order valence-electron chi connectivity index (χ0n) is 9.89. The highest BCUT2D eigenvalue weighted by molar-refractivity contribution is 7.96. The smallest absolute Gasteiger partial charge is 0.278 e. The van der Waals surface area contributed by atoms with Crippen molar-refractivity contribution in [2.24, 2.45) is 0 Å². The number of benzene rings is 1. The lowest BCUT2D eigenvalue weighted by atomic mass is 9.99. The van der Waals surface area contributed by atoms with Crippen LogP contribution in [0, 0.1) is 0 Å². The lowest BCUT2D eigenvalue weighted by Crippen LogP contribution is -2.30. The van der Waals surface area contributed by atoms with Crippen LogP contribution in [0.3, 0.4) is 0 Å². The molecule has 0 saturated carbocycles. The fourth-order valence-corrected chi connectivity index (χ4v) is 2.61. The zero-order valence-corrected chi connectivity index (χ0v) is 10.8. The Hall–Kier alpha value is -1.68. The fourth-order valence-electron chi connectivity index (χ4n) is 2.42. The molecule has 1 aromatic heterocycles. The summed E-state index contributed by atoms with van der Waals surface area (Å²) in [6, 6.07) is 8.27. The lowest BCUT2D eigenvalue weighted by molar-refractivity contribution is 0.228. The minimum absolute atomic E-state index is 0.149. The van der Waals surface area contributed by atoms with Crippen molar-refractivity contribution in [1.29, 1.82) is 0 Å². The molecule has 1 aliphatic rings. The van der Waals surface area contributed by atoms with Crippen molar-refractivity contribution in [3.8, 4) is 0 Å². The monoisotopic (exact) mass is 258 g/mol. The largest absolute Gasteiger partial charge is 0.361 e. The van der Waals surface area contributed by atoms with E-state index < -0.39 is 0 Å². The molecule has 3 nitrogen and oxygen atoms in total. The molecule has 4 heteroatoms. The maximum atomic E-state index is 11.2. The van der Waals surface area contributed by atoms with Gasteiger partial charge in [0.05, 0.1) is 0 Å². The number of aromatic amines is 1. The highest BCUT2D eigenvalue weighted by Gasteiger charge is 2.17. The molecule has 0 fully saturated rings. The van der Waals surface area contributed by atoms with Gasteiger partial charge in [-0.2, -0.15) is 0 Å². The summed E-state index contributed by atoms with van der Waals surface area (Å²) in [4.78, 5) is 16.2. The Bertz CT molecular complexity index is 630. The molecule has 2 aromatic rings. The van der Waals surface area contributed by atoms with Crippen molar-refractivity contribution < 1.29 is 4.79 Å².